The molecule has 12 amide bonds. The molecule has 132 heavy (non-hydrogen) atoms. The van der Waals surface area contributed by atoms with Gasteiger partial charge in [0.2, 0.25) is 70.9 Å². The van der Waals surface area contributed by atoms with E-state index < -0.39 is 192 Å². The van der Waals surface area contributed by atoms with Crippen LogP contribution in [-0.2, 0) is 102 Å². The van der Waals surface area contributed by atoms with Crippen LogP contribution in [0.5, 0.6) is 5.75 Å². The molecular weight excluding hydrogens is 1770 g/mol. The van der Waals surface area contributed by atoms with E-state index in [1.54, 1.807) is 64.1 Å². The number of nitrogens with one attached hydrogen (secondary N) is 8. The fourth-order valence-corrected chi connectivity index (χ4v) is 18.1. The van der Waals surface area contributed by atoms with Gasteiger partial charge in [-0.25, -0.2) is 8.78 Å². The summed E-state index contributed by atoms with van der Waals surface area (Å²) in [6.07, 6.45) is 2.86. The van der Waals surface area contributed by atoms with Gasteiger partial charge >= 0.3 is 0 Å². The number of amides is 12. The van der Waals surface area contributed by atoms with Gasteiger partial charge in [0.25, 0.3) is 0 Å². The summed E-state index contributed by atoms with van der Waals surface area (Å²) in [5.74, 6) is -14.7. The minimum absolute atomic E-state index is 0.0104. The molecule has 40 heteroatoms. The van der Waals surface area contributed by atoms with Crippen LogP contribution in [0.15, 0.2) is 107 Å². The van der Waals surface area contributed by atoms with E-state index in [4.69, 9.17) is 46.0 Å². The van der Waals surface area contributed by atoms with Gasteiger partial charge in [-0.05, 0) is 171 Å². The van der Waals surface area contributed by atoms with E-state index in [-0.39, 0.29) is 117 Å². The normalized spacial score (nSPS) is 23.0. The molecule has 720 valence electrons. The Morgan fingerprint density at radius 2 is 0.803 bits per heavy atom. The number of aromatic hydroxyl groups is 1. The van der Waals surface area contributed by atoms with Crippen LogP contribution in [0.1, 0.15) is 166 Å². The highest BCUT2D eigenvalue weighted by Gasteiger charge is 2.43. The van der Waals surface area contributed by atoms with Crippen molar-refractivity contribution in [3.63, 3.8) is 0 Å². The van der Waals surface area contributed by atoms with Gasteiger partial charge in [-0.2, -0.15) is 23.5 Å². The highest BCUT2D eigenvalue weighted by atomic mass is 35.5. The third-order valence-corrected chi connectivity index (χ3v) is 25.6. The van der Waals surface area contributed by atoms with Gasteiger partial charge in [0.15, 0.2) is 23.5 Å². The Hall–Kier alpha value is -11.6. The zero-order valence-electron chi connectivity index (χ0n) is 75.1. The topological polar surface area (TPSA) is 577 Å². The Balaban J connectivity index is 0.000000361. The van der Waals surface area contributed by atoms with Gasteiger partial charge in [0, 0.05) is 119 Å². The van der Waals surface area contributed by atoms with Crippen molar-refractivity contribution in [2.24, 2.45) is 79.9 Å². The number of nitrogens with zero attached hydrogens (tertiary/aromatic N) is 4. The predicted octanol–water partition coefficient (Wildman–Crippen LogP) is 3.23. The number of guanidine groups is 2. The summed E-state index contributed by atoms with van der Waals surface area (Å²) in [5, 5.41) is 32.3. The molecule has 12 atom stereocenters. The van der Waals surface area contributed by atoms with E-state index in [9.17, 15) is 90.6 Å². The second-order valence-corrected chi connectivity index (χ2v) is 37.1. The Morgan fingerprint density at radius 1 is 0.455 bits per heavy atom. The molecule has 21 N–H and O–H groups in total. The number of thioether (sulfide) groups is 2. The van der Waals surface area contributed by atoms with Crippen LogP contribution in [-0.4, -0.2) is 231 Å². The third kappa shape index (κ3) is 36.9. The van der Waals surface area contributed by atoms with Crippen molar-refractivity contribution >= 4 is 141 Å². The lowest BCUT2D eigenvalue weighted by Crippen LogP contribution is -2.58. The zero-order chi connectivity index (χ0) is 96.7. The highest BCUT2D eigenvalue weighted by Crippen LogP contribution is 2.30. The molecule has 8 rings (SSSR count). The van der Waals surface area contributed by atoms with Crippen molar-refractivity contribution in [2.45, 2.75) is 217 Å². The summed E-state index contributed by atoms with van der Waals surface area (Å²) in [7, 11) is 0. The number of Topliss-reactive ketones (excluding diaryl/α,β-unsaturated/α-hetero) is 4. The van der Waals surface area contributed by atoms with E-state index in [0.717, 1.165) is 5.56 Å². The van der Waals surface area contributed by atoms with Crippen LogP contribution in [0.2, 0.25) is 5.02 Å². The number of carbonyl (C=O) groups excluding carboxylic acids is 16. The number of hydrogen-bond donors (Lipinski definition) is 15. The minimum Gasteiger partial charge on any atom is -0.508 e. The number of halogens is 3. The number of nitrogens with two attached hydrogens (primary N) is 6. The van der Waals surface area contributed by atoms with Crippen LogP contribution in [0.25, 0.3) is 0 Å². The molecule has 0 aliphatic carbocycles. The second kappa shape index (κ2) is 55.0. The van der Waals surface area contributed by atoms with E-state index in [1.165, 1.54) is 94.0 Å². The summed E-state index contributed by atoms with van der Waals surface area (Å²) in [6.45, 7) is 8.59. The first-order valence-electron chi connectivity index (χ1n) is 44.7. The lowest BCUT2D eigenvalue weighted by Gasteiger charge is -2.30. The molecule has 0 radical (unpaired) electrons. The number of aliphatic imine (C=N–C) groups is 2. The Kier molecular flexibility index (Phi) is 44.8. The molecule has 0 bridgehead atoms. The third-order valence-electron chi connectivity index (χ3n) is 22.9. The van der Waals surface area contributed by atoms with Crippen LogP contribution in [0.4, 0.5) is 8.78 Å². The maximum absolute atomic E-state index is 14.4. The first kappa shape index (κ1) is 107. The van der Waals surface area contributed by atoms with E-state index >= 15 is 0 Å². The van der Waals surface area contributed by atoms with Gasteiger partial charge in [-0.3, -0.25) is 86.7 Å². The zero-order valence-corrected chi connectivity index (χ0v) is 77.5. The summed E-state index contributed by atoms with van der Waals surface area (Å²) >= 11 is 8.79. The van der Waals surface area contributed by atoms with E-state index in [0.29, 0.717) is 124 Å². The summed E-state index contributed by atoms with van der Waals surface area (Å²) < 4.78 is 27.8. The molecule has 0 aromatic heterocycles. The second-order valence-electron chi connectivity index (χ2n) is 34.4. The molecule has 4 fully saturated rings. The number of unbranched alkanes of at least 4 members (excludes halogenated alkanes) is 2. The van der Waals surface area contributed by atoms with Gasteiger partial charge in [-0.1, -0.05) is 87.8 Å². The largest absolute Gasteiger partial charge is 0.508 e. The van der Waals surface area contributed by atoms with Crippen molar-refractivity contribution in [2.75, 3.05) is 62.3 Å². The van der Waals surface area contributed by atoms with Crippen molar-refractivity contribution in [3.8, 4) is 5.75 Å². The van der Waals surface area contributed by atoms with Gasteiger partial charge in [0.1, 0.15) is 65.2 Å². The molecule has 0 saturated carbocycles. The fraction of sp³-hybridized carbons (Fsp3) is 0.543. The molecular formula is C92H127ClF2N18O17S2. The number of phenols is 1. The lowest BCUT2D eigenvalue weighted by atomic mass is 9.91. The highest BCUT2D eigenvalue weighted by molar-refractivity contribution is 7.99. The molecule has 4 heterocycles. The van der Waals surface area contributed by atoms with Crippen LogP contribution in [0.3, 0.4) is 0 Å². The molecule has 4 aliphatic rings. The lowest BCUT2D eigenvalue weighted by molar-refractivity contribution is -0.142. The van der Waals surface area contributed by atoms with Gasteiger partial charge in [-0.15, -0.1) is 0 Å². The molecule has 4 aromatic carbocycles. The SMILES string of the molecule is CC(C)[C@@H]1NC(=O)[C@H](Cc2ccc(F)cc2)NC(=O)[C@H](Cc2ccc(Cl)cc2)CC(=O)CCCSC[C@@H](C(=O)N2CCC[C@H]2C(=O)NCCCCN=C(N)N)CC(=O)[C@H](CC(N)=O)NC1=O.CC(C)[C@@H]1NC(=O)[C@H](Cc2ccc(F)cc2)NC(=O)[C@H](Cc2ccc(O)cc2)CC(=O)CCCSC[C@@H](C(=O)N2CCC[C@H]2C(=O)NCCCCN=C(N)N)CC(=O)[C@H](CC(N)=O)NC1=O. The first-order chi connectivity index (χ1) is 62.8. The number of carbonyl (C=O) groups is 16. The van der Waals surface area contributed by atoms with Crippen LogP contribution < -0.4 is 76.9 Å². The summed E-state index contributed by atoms with van der Waals surface area (Å²) in [5.41, 5.74) is 35.0. The number of hydrogen-bond acceptors (Lipinski definition) is 21. The minimum atomic E-state index is -1.48. The molecule has 4 aliphatic heterocycles. The monoisotopic (exact) mass is 1890 g/mol. The average molecular weight is 1890 g/mol. The quantitative estimate of drug-likeness (QED) is 0.0220. The van der Waals surface area contributed by atoms with Crippen LogP contribution >= 0.6 is 35.1 Å². The predicted molar refractivity (Wildman–Crippen MR) is 497 cm³/mol. The maximum Gasteiger partial charge on any atom is 0.243 e. The van der Waals surface area contributed by atoms with Crippen LogP contribution in [0, 0.1) is 47.1 Å². The number of likely N-dealkylation sites (tertiary alicyclic amines) is 2. The molecule has 0 unspecified atom stereocenters. The van der Waals surface area contributed by atoms with E-state index in [1.807, 2.05) is 0 Å². The Labute approximate surface area is 780 Å². The van der Waals surface area contributed by atoms with Crippen molar-refractivity contribution in [1.29, 1.82) is 0 Å². The standard InChI is InChI=1S/C46H63ClFN9O8S.C46H64FN9O9S/c1-27(2)40-44(64)54-35(25-39(49)60)38(59)24-31(45(65)57-19-5-8-37(57)43(63)52-17-3-4-18-53-46(50)51)26-66-20-6-7-34(58)23-30(21-28-9-13-32(47)14-10-28)41(61)55-36(42(62)56-40)22-29-11-15-33(48)16-12-29;1-27(2)40-44(64)53-35(25-39(48)60)38(59)24-31(45(65)56-19-5-8-37(56)43(63)51-17-3-4-18-52-46(49)50)26-66-20-6-7-34(58)23-30(21-28-11-15-33(57)16-12-28)41(61)54-36(42(62)55-40)22-29-9-13-32(47)14-10-29/h9-16,27,30-31,35-37,40H,3-8,17-26H2,1-2H3,(H2,49,60)(H,52,63)(H,54,64)(H,55,61)(H,56,62)(H4,50,51,53);9-16,27,30-31,35-37,40,57H,3-8,17-26H2,1-2H3,(H2,48,60)(H,51,63)(H,53,64)(H,54,61)(H,55,62)(H4,49,50,52)/t2*30-,31+,35+,36+,37+,40+/m11/s1. The molecule has 35 nitrogen and oxygen atoms in total. The van der Waals surface area contributed by atoms with Crippen molar-refractivity contribution < 1.29 is 90.6 Å². The smallest absolute Gasteiger partial charge is 0.243 e. The molecule has 4 aromatic rings. The number of phenolic OH excluding ortho intramolecular Hbond substituents is 1. The number of ketones is 4. The van der Waals surface area contributed by atoms with E-state index in [2.05, 4.69) is 52.5 Å². The average Bonchev–Trinajstić information content (AvgIpc) is 1.56. The Morgan fingerprint density at radius 3 is 1.16 bits per heavy atom. The molecule has 0 spiro atoms. The first-order valence-corrected chi connectivity index (χ1v) is 47.4. The number of primary amides is 2. The van der Waals surface area contributed by atoms with Gasteiger partial charge in [0.05, 0.1) is 36.8 Å². The van der Waals surface area contributed by atoms with Gasteiger partial charge < -0.3 is 91.8 Å². The summed E-state index contributed by atoms with van der Waals surface area (Å²) in [4.78, 5) is 231. The molecule has 4 saturated heterocycles. The number of benzene rings is 4. The van der Waals surface area contributed by atoms with Crippen molar-refractivity contribution in [1.82, 2.24) is 52.3 Å². The Bertz CT molecular complexity index is 4400. The summed E-state index contributed by atoms with van der Waals surface area (Å²) in [6, 6.07) is 13.9. The van der Waals surface area contributed by atoms with Crippen molar-refractivity contribution in [3.05, 3.63) is 136 Å². The number of rotatable bonds is 28. The maximum atomic E-state index is 14.4. The fourth-order valence-electron chi connectivity index (χ4n) is 15.8.